The van der Waals surface area contributed by atoms with E-state index in [1.54, 1.807) is 23.1 Å². The number of carbonyl (C=O) groups is 1. The summed E-state index contributed by atoms with van der Waals surface area (Å²) in [6, 6.07) is 9.05. The monoisotopic (exact) mass is 294 g/mol. The zero-order chi connectivity index (χ0) is 13.4. The molecule has 6 heteroatoms. The van der Waals surface area contributed by atoms with Crippen LogP contribution in [0.5, 0.6) is 5.75 Å². The minimum atomic E-state index is -0.0678. The van der Waals surface area contributed by atoms with Crippen LogP contribution in [-0.2, 0) is 11.3 Å². The molecular weight excluding hydrogens is 284 g/mol. The molecule has 0 spiro atoms. The molecule has 0 aliphatic carbocycles. The van der Waals surface area contributed by atoms with Crippen molar-refractivity contribution in [3.8, 4) is 5.75 Å². The number of carbonyl (C=O) groups excluding carboxylic acids is 1. The van der Waals surface area contributed by atoms with Gasteiger partial charge >= 0.3 is 0 Å². The number of fused-ring (bicyclic) bond motifs is 1. The lowest BCUT2D eigenvalue weighted by Gasteiger charge is -2.29. The Balaban J connectivity index is 1.94. The number of thiophene rings is 1. The van der Waals surface area contributed by atoms with Crippen molar-refractivity contribution in [3.05, 3.63) is 39.5 Å². The lowest BCUT2D eigenvalue weighted by Crippen LogP contribution is -2.38. The van der Waals surface area contributed by atoms with Gasteiger partial charge in [0.1, 0.15) is 5.75 Å². The summed E-state index contributed by atoms with van der Waals surface area (Å²) >= 11 is 7.38. The number of benzene rings is 1. The fourth-order valence-electron chi connectivity index (χ4n) is 1.99. The summed E-state index contributed by atoms with van der Waals surface area (Å²) in [6.07, 6.45) is 0. The molecule has 2 aromatic rings. The molecule has 1 aliphatic heterocycles. The number of amides is 1. The maximum Gasteiger partial charge on any atom is 0.265 e. The van der Waals surface area contributed by atoms with Crippen LogP contribution in [0, 0.1) is 0 Å². The Bertz CT molecular complexity index is 641. The minimum absolute atomic E-state index is 0.0373. The molecule has 1 aliphatic rings. The van der Waals surface area contributed by atoms with E-state index < -0.39 is 0 Å². The first-order valence-corrected chi connectivity index (χ1v) is 6.90. The van der Waals surface area contributed by atoms with E-state index in [1.807, 2.05) is 12.1 Å². The molecule has 0 unspecified atom stereocenters. The largest absolute Gasteiger partial charge is 0.481 e. The smallest absolute Gasteiger partial charge is 0.265 e. The van der Waals surface area contributed by atoms with Crippen LogP contribution < -0.4 is 15.4 Å². The van der Waals surface area contributed by atoms with Gasteiger partial charge in [-0.2, -0.15) is 0 Å². The summed E-state index contributed by atoms with van der Waals surface area (Å²) in [4.78, 5) is 14.7. The fraction of sp³-hybridized carbons (Fsp3) is 0.154. The number of anilines is 2. The molecule has 0 fully saturated rings. The zero-order valence-electron chi connectivity index (χ0n) is 9.93. The molecule has 3 rings (SSSR count). The van der Waals surface area contributed by atoms with E-state index in [4.69, 9.17) is 22.1 Å². The van der Waals surface area contributed by atoms with Crippen LogP contribution >= 0.6 is 22.9 Å². The predicted molar refractivity (Wildman–Crippen MR) is 76.9 cm³/mol. The van der Waals surface area contributed by atoms with Gasteiger partial charge < -0.3 is 15.4 Å². The van der Waals surface area contributed by atoms with Gasteiger partial charge in [-0.25, -0.2) is 0 Å². The van der Waals surface area contributed by atoms with Crippen molar-refractivity contribution < 1.29 is 9.53 Å². The second-order valence-corrected chi connectivity index (χ2v) is 6.00. The summed E-state index contributed by atoms with van der Waals surface area (Å²) in [5, 5.41) is 0. The molecule has 19 heavy (non-hydrogen) atoms. The first-order chi connectivity index (χ1) is 9.13. The average Bonchev–Trinajstić information content (AvgIpc) is 2.78. The van der Waals surface area contributed by atoms with Crippen molar-refractivity contribution in [2.75, 3.05) is 17.2 Å². The van der Waals surface area contributed by atoms with Crippen molar-refractivity contribution in [3.63, 3.8) is 0 Å². The lowest BCUT2D eigenvalue weighted by atomic mass is 10.2. The molecule has 1 aromatic heterocycles. The molecule has 1 amide bonds. The minimum Gasteiger partial charge on any atom is -0.481 e. The van der Waals surface area contributed by atoms with Crippen molar-refractivity contribution >= 4 is 40.2 Å². The molecule has 0 atom stereocenters. The molecule has 0 saturated carbocycles. The summed E-state index contributed by atoms with van der Waals surface area (Å²) in [5.74, 6) is 0.573. The third-order valence-electron chi connectivity index (χ3n) is 2.87. The van der Waals surface area contributed by atoms with E-state index in [2.05, 4.69) is 0 Å². The average molecular weight is 295 g/mol. The number of nitrogens with two attached hydrogens (primary N) is 1. The molecule has 1 aromatic carbocycles. The van der Waals surface area contributed by atoms with E-state index in [0.717, 1.165) is 10.6 Å². The molecule has 2 heterocycles. The van der Waals surface area contributed by atoms with Gasteiger partial charge in [-0.15, -0.1) is 11.3 Å². The number of halogens is 1. The van der Waals surface area contributed by atoms with Crippen LogP contribution in [0.1, 0.15) is 4.88 Å². The Morgan fingerprint density at radius 2 is 2.21 bits per heavy atom. The first-order valence-electron chi connectivity index (χ1n) is 5.70. The highest BCUT2D eigenvalue weighted by Crippen LogP contribution is 2.35. The third-order valence-corrected chi connectivity index (χ3v) is 4.09. The van der Waals surface area contributed by atoms with Gasteiger partial charge in [0, 0.05) is 16.6 Å². The van der Waals surface area contributed by atoms with Gasteiger partial charge in [-0.1, -0.05) is 11.6 Å². The van der Waals surface area contributed by atoms with E-state index in [0.29, 0.717) is 22.3 Å². The van der Waals surface area contributed by atoms with Crippen LogP contribution in [0.15, 0.2) is 30.3 Å². The molecule has 4 nitrogen and oxygen atoms in total. The van der Waals surface area contributed by atoms with Gasteiger partial charge in [0.2, 0.25) is 0 Å². The number of hydrogen-bond acceptors (Lipinski definition) is 4. The van der Waals surface area contributed by atoms with Gasteiger partial charge in [-0.05, 0) is 24.3 Å². The van der Waals surface area contributed by atoms with Crippen LogP contribution in [-0.4, -0.2) is 12.5 Å². The van der Waals surface area contributed by atoms with E-state index >= 15 is 0 Å². The van der Waals surface area contributed by atoms with E-state index in [9.17, 15) is 4.79 Å². The molecular formula is C13H11ClN2O2S. The standard InChI is InChI=1S/C13H11ClN2O2S/c14-12-4-2-9(19-12)6-16-10-3-1-8(15)5-11(10)18-7-13(16)17/h1-5H,6-7,15H2. The maximum atomic E-state index is 12.0. The van der Waals surface area contributed by atoms with E-state index in [1.165, 1.54) is 11.3 Å². The van der Waals surface area contributed by atoms with Gasteiger partial charge in [0.15, 0.2) is 6.61 Å². The fourth-order valence-corrected chi connectivity index (χ4v) is 3.06. The first kappa shape index (κ1) is 12.3. The highest BCUT2D eigenvalue weighted by molar-refractivity contribution is 7.16. The molecule has 98 valence electrons. The maximum absolute atomic E-state index is 12.0. The van der Waals surface area contributed by atoms with Crippen molar-refractivity contribution in [1.29, 1.82) is 0 Å². The molecule has 0 bridgehead atoms. The van der Waals surface area contributed by atoms with Gasteiger partial charge in [0.05, 0.1) is 16.6 Å². The summed E-state index contributed by atoms with van der Waals surface area (Å²) in [6.45, 7) is 0.534. The predicted octanol–water partition coefficient (Wildman–Crippen LogP) is 2.91. The number of nitrogen functional groups attached to an aromatic ring is 1. The SMILES string of the molecule is Nc1ccc2c(c1)OCC(=O)N2Cc1ccc(Cl)s1. The number of rotatable bonds is 2. The van der Waals surface area contributed by atoms with Crippen molar-refractivity contribution in [2.45, 2.75) is 6.54 Å². The molecule has 0 saturated heterocycles. The van der Waals surface area contributed by atoms with Crippen LogP contribution in [0.25, 0.3) is 0 Å². The van der Waals surface area contributed by atoms with Gasteiger partial charge in [-0.3, -0.25) is 4.79 Å². The normalized spacial score (nSPS) is 14.2. The van der Waals surface area contributed by atoms with E-state index in [-0.39, 0.29) is 12.5 Å². The molecule has 0 radical (unpaired) electrons. The summed E-state index contributed by atoms with van der Waals surface area (Å²) in [5.41, 5.74) is 7.08. The molecule has 2 N–H and O–H groups in total. The zero-order valence-corrected chi connectivity index (χ0v) is 11.5. The van der Waals surface area contributed by atoms with Crippen LogP contribution in [0.2, 0.25) is 4.34 Å². The Morgan fingerprint density at radius 3 is 2.95 bits per heavy atom. The highest BCUT2D eigenvalue weighted by atomic mass is 35.5. The van der Waals surface area contributed by atoms with Crippen LogP contribution in [0.4, 0.5) is 11.4 Å². The number of hydrogen-bond donors (Lipinski definition) is 1. The lowest BCUT2D eigenvalue weighted by molar-refractivity contribution is -0.121. The Labute approximate surface area is 119 Å². The number of ether oxygens (including phenoxy) is 1. The summed E-state index contributed by atoms with van der Waals surface area (Å²) in [7, 11) is 0. The second-order valence-electron chi connectivity index (χ2n) is 4.20. The topological polar surface area (TPSA) is 55.6 Å². The second kappa shape index (κ2) is 4.75. The summed E-state index contributed by atoms with van der Waals surface area (Å²) < 4.78 is 6.11. The van der Waals surface area contributed by atoms with Crippen molar-refractivity contribution in [1.82, 2.24) is 0 Å². The Kier molecular flexibility index (Phi) is 3.08. The third kappa shape index (κ3) is 2.39. The number of nitrogens with zero attached hydrogens (tertiary/aromatic N) is 1. The van der Waals surface area contributed by atoms with Crippen molar-refractivity contribution in [2.24, 2.45) is 0 Å². The quantitative estimate of drug-likeness (QED) is 0.867. The van der Waals surface area contributed by atoms with Gasteiger partial charge in [0.25, 0.3) is 5.91 Å². The Morgan fingerprint density at radius 1 is 1.37 bits per heavy atom. The Hall–Kier alpha value is -1.72. The van der Waals surface area contributed by atoms with Crippen LogP contribution in [0.3, 0.4) is 0 Å². The highest BCUT2D eigenvalue weighted by Gasteiger charge is 2.26.